The number of halogens is 1. The van der Waals surface area contributed by atoms with Crippen molar-refractivity contribution in [3.05, 3.63) is 108 Å². The SMILES string of the molecule is Fc1ccccc1-n1cccc1[C@H]1[C@@H](c2ccccn2)NC(=S)N1c1ccc(N2CCOCC2)cc1. The fraction of sp³-hybridized carbons (Fsp3) is 0.214. The van der Waals surface area contributed by atoms with Gasteiger partial charge in [0.15, 0.2) is 5.11 Å². The van der Waals surface area contributed by atoms with Gasteiger partial charge in [-0.05, 0) is 72.9 Å². The summed E-state index contributed by atoms with van der Waals surface area (Å²) >= 11 is 5.87. The second-order valence-electron chi connectivity index (χ2n) is 8.87. The third kappa shape index (κ3) is 4.12. The van der Waals surface area contributed by atoms with Crippen LogP contribution in [-0.2, 0) is 4.74 Å². The van der Waals surface area contributed by atoms with E-state index in [4.69, 9.17) is 17.0 Å². The lowest BCUT2D eigenvalue weighted by Gasteiger charge is -2.31. The van der Waals surface area contributed by atoms with Crippen molar-refractivity contribution >= 4 is 28.7 Å². The summed E-state index contributed by atoms with van der Waals surface area (Å²) in [7, 11) is 0. The Kier molecular flexibility index (Phi) is 6.13. The highest BCUT2D eigenvalue weighted by atomic mass is 32.1. The molecule has 36 heavy (non-hydrogen) atoms. The highest BCUT2D eigenvalue weighted by molar-refractivity contribution is 7.80. The number of rotatable bonds is 5. The maximum atomic E-state index is 14.9. The summed E-state index contributed by atoms with van der Waals surface area (Å²) in [5, 5.41) is 4.10. The molecule has 0 spiro atoms. The first-order chi connectivity index (χ1) is 17.7. The molecule has 6 nitrogen and oxygen atoms in total. The Labute approximate surface area is 214 Å². The van der Waals surface area contributed by atoms with Crippen molar-refractivity contribution in [1.82, 2.24) is 14.9 Å². The maximum absolute atomic E-state index is 14.9. The van der Waals surface area contributed by atoms with E-state index in [9.17, 15) is 4.39 Å². The van der Waals surface area contributed by atoms with Crippen LogP contribution in [0.15, 0.2) is 91.3 Å². The first-order valence-corrected chi connectivity index (χ1v) is 12.5. The summed E-state index contributed by atoms with van der Waals surface area (Å²) in [6.07, 6.45) is 3.68. The van der Waals surface area contributed by atoms with Crippen molar-refractivity contribution in [3.63, 3.8) is 0 Å². The van der Waals surface area contributed by atoms with Gasteiger partial charge in [-0.15, -0.1) is 0 Å². The summed E-state index contributed by atoms with van der Waals surface area (Å²) in [6, 6.07) is 24.7. The molecule has 0 bridgehead atoms. The van der Waals surface area contributed by atoms with Crippen molar-refractivity contribution < 1.29 is 9.13 Å². The number of hydrogen-bond acceptors (Lipinski definition) is 4. The van der Waals surface area contributed by atoms with Gasteiger partial charge in [-0.2, -0.15) is 0 Å². The molecule has 0 unspecified atom stereocenters. The molecule has 2 aromatic carbocycles. The Morgan fingerprint density at radius 1 is 0.889 bits per heavy atom. The molecule has 2 atom stereocenters. The van der Waals surface area contributed by atoms with Crippen LogP contribution in [0.25, 0.3) is 5.69 Å². The molecular weight excluding hydrogens is 473 g/mol. The molecule has 2 saturated heterocycles. The van der Waals surface area contributed by atoms with Crippen LogP contribution in [0.4, 0.5) is 15.8 Å². The standard InChI is InChI=1S/C28H26FN5OS/c29-22-6-1-2-8-24(22)33-15-5-9-25(33)27-26(23-7-3-4-14-30-23)31-28(36)34(27)21-12-10-20(11-13-21)32-16-18-35-19-17-32/h1-15,26-27H,16-19H2,(H,31,36)/t26-,27+/m1/s1. The Bertz CT molecular complexity index is 1350. The zero-order valence-electron chi connectivity index (χ0n) is 19.6. The molecule has 2 aliphatic rings. The number of aromatic nitrogens is 2. The van der Waals surface area contributed by atoms with E-state index in [-0.39, 0.29) is 17.9 Å². The summed E-state index contributed by atoms with van der Waals surface area (Å²) in [5.41, 5.74) is 4.42. The largest absolute Gasteiger partial charge is 0.378 e. The van der Waals surface area contributed by atoms with Gasteiger partial charge >= 0.3 is 0 Å². The van der Waals surface area contributed by atoms with Gasteiger partial charge in [-0.1, -0.05) is 18.2 Å². The van der Waals surface area contributed by atoms with Gasteiger partial charge < -0.3 is 24.4 Å². The average molecular weight is 500 g/mol. The summed E-state index contributed by atoms with van der Waals surface area (Å²) in [4.78, 5) is 9.07. The normalized spacial score (nSPS) is 20.0. The molecule has 2 aliphatic heterocycles. The van der Waals surface area contributed by atoms with E-state index in [0.717, 1.165) is 49.1 Å². The van der Waals surface area contributed by atoms with Crippen molar-refractivity contribution in [2.45, 2.75) is 12.1 Å². The number of nitrogens with zero attached hydrogens (tertiary/aromatic N) is 4. The third-order valence-corrected chi connectivity index (χ3v) is 7.11. The van der Waals surface area contributed by atoms with Crippen molar-refractivity contribution in [1.29, 1.82) is 0 Å². The molecule has 0 amide bonds. The first-order valence-electron chi connectivity index (χ1n) is 12.1. The predicted molar refractivity (Wildman–Crippen MR) is 143 cm³/mol. The van der Waals surface area contributed by atoms with Crippen molar-refractivity contribution in [2.75, 3.05) is 36.1 Å². The van der Waals surface area contributed by atoms with Gasteiger partial charge in [0.1, 0.15) is 11.9 Å². The minimum Gasteiger partial charge on any atom is -0.378 e. The minimum absolute atomic E-state index is 0.210. The van der Waals surface area contributed by atoms with E-state index in [2.05, 4.69) is 44.4 Å². The van der Waals surface area contributed by atoms with Gasteiger partial charge in [-0.3, -0.25) is 4.98 Å². The molecule has 2 aromatic heterocycles. The monoisotopic (exact) mass is 499 g/mol. The lowest BCUT2D eigenvalue weighted by molar-refractivity contribution is 0.122. The Morgan fingerprint density at radius 2 is 1.64 bits per heavy atom. The van der Waals surface area contributed by atoms with Crippen LogP contribution in [0.2, 0.25) is 0 Å². The zero-order valence-corrected chi connectivity index (χ0v) is 20.4. The molecule has 0 radical (unpaired) electrons. The van der Waals surface area contributed by atoms with Crippen LogP contribution in [0.1, 0.15) is 23.5 Å². The molecule has 0 aliphatic carbocycles. The number of morpholine rings is 1. The molecule has 6 rings (SSSR count). The molecule has 182 valence electrons. The van der Waals surface area contributed by atoms with E-state index in [1.165, 1.54) is 6.07 Å². The lowest BCUT2D eigenvalue weighted by Crippen LogP contribution is -2.36. The number of benzene rings is 2. The van der Waals surface area contributed by atoms with Crippen LogP contribution in [0.5, 0.6) is 0 Å². The first kappa shape index (κ1) is 22.7. The Balaban J connectivity index is 1.43. The van der Waals surface area contributed by atoms with E-state index in [1.807, 2.05) is 47.2 Å². The number of ether oxygens (including phenoxy) is 1. The zero-order chi connectivity index (χ0) is 24.5. The van der Waals surface area contributed by atoms with Crippen molar-refractivity contribution in [3.8, 4) is 5.69 Å². The highest BCUT2D eigenvalue weighted by Gasteiger charge is 2.42. The second-order valence-corrected chi connectivity index (χ2v) is 9.25. The molecular formula is C28H26FN5OS. The smallest absolute Gasteiger partial charge is 0.174 e. The molecule has 8 heteroatoms. The lowest BCUT2D eigenvalue weighted by atomic mass is 10.0. The van der Waals surface area contributed by atoms with Gasteiger partial charge in [0.2, 0.25) is 0 Å². The van der Waals surface area contributed by atoms with Gasteiger partial charge in [0.05, 0.1) is 30.6 Å². The molecule has 4 heterocycles. The topological polar surface area (TPSA) is 45.6 Å². The molecule has 4 aromatic rings. The van der Waals surface area contributed by atoms with Crippen LogP contribution < -0.4 is 15.1 Å². The van der Waals surface area contributed by atoms with Gasteiger partial charge in [-0.25, -0.2) is 4.39 Å². The van der Waals surface area contributed by atoms with Gasteiger partial charge in [0.25, 0.3) is 0 Å². The molecule has 0 saturated carbocycles. The number of hydrogen-bond donors (Lipinski definition) is 1. The summed E-state index contributed by atoms with van der Waals surface area (Å²) in [6.45, 7) is 3.23. The number of para-hydroxylation sites is 1. The molecule has 1 N–H and O–H groups in total. The third-order valence-electron chi connectivity index (χ3n) is 6.80. The van der Waals surface area contributed by atoms with Gasteiger partial charge in [0, 0.05) is 42.6 Å². The number of pyridine rings is 1. The van der Waals surface area contributed by atoms with Crippen LogP contribution in [-0.4, -0.2) is 41.0 Å². The average Bonchev–Trinajstić information content (AvgIpc) is 3.54. The summed E-state index contributed by atoms with van der Waals surface area (Å²) < 4.78 is 22.3. The highest BCUT2D eigenvalue weighted by Crippen LogP contribution is 2.42. The van der Waals surface area contributed by atoms with E-state index >= 15 is 0 Å². The van der Waals surface area contributed by atoms with E-state index in [0.29, 0.717) is 10.8 Å². The van der Waals surface area contributed by atoms with E-state index < -0.39 is 0 Å². The quantitative estimate of drug-likeness (QED) is 0.389. The van der Waals surface area contributed by atoms with Crippen molar-refractivity contribution in [2.24, 2.45) is 0 Å². The Hall–Kier alpha value is -3.75. The van der Waals surface area contributed by atoms with Crippen LogP contribution >= 0.6 is 12.2 Å². The minimum atomic E-state index is -0.278. The van der Waals surface area contributed by atoms with Crippen LogP contribution in [0, 0.1) is 5.82 Å². The summed E-state index contributed by atoms with van der Waals surface area (Å²) in [5.74, 6) is -0.278. The predicted octanol–water partition coefficient (Wildman–Crippen LogP) is 5.03. The number of nitrogens with one attached hydrogen (secondary N) is 1. The fourth-order valence-electron chi connectivity index (χ4n) is 5.08. The fourth-order valence-corrected chi connectivity index (χ4v) is 5.43. The Morgan fingerprint density at radius 3 is 2.39 bits per heavy atom. The number of anilines is 2. The van der Waals surface area contributed by atoms with E-state index in [1.54, 1.807) is 18.3 Å². The second kappa shape index (κ2) is 9.72. The maximum Gasteiger partial charge on any atom is 0.174 e. The molecule has 2 fully saturated rings. The number of thiocarbonyl (C=S) groups is 1. The van der Waals surface area contributed by atoms with Crippen LogP contribution in [0.3, 0.4) is 0 Å².